The minimum atomic E-state index is -1.64. The Morgan fingerprint density at radius 3 is 1.51 bits per heavy atom. The lowest BCUT2D eigenvalue weighted by atomic mass is 10.0. The van der Waals surface area contributed by atoms with Gasteiger partial charge in [-0.1, -0.05) is 74.5 Å². The first-order valence-electron chi connectivity index (χ1n) is 32.2. The third-order valence-electron chi connectivity index (χ3n) is 16.0. The van der Waals surface area contributed by atoms with Crippen LogP contribution in [0.15, 0.2) is 65.7 Å². The van der Waals surface area contributed by atoms with Crippen molar-refractivity contribution in [3.05, 3.63) is 71.8 Å². The van der Waals surface area contributed by atoms with Crippen LogP contribution < -0.4 is 82.7 Å². The number of rotatable bonds is 42. The van der Waals surface area contributed by atoms with Gasteiger partial charge < -0.3 is 92.5 Å². The molecule has 0 saturated carbocycles. The highest BCUT2D eigenvalue weighted by Gasteiger charge is 2.42. The van der Waals surface area contributed by atoms with Crippen molar-refractivity contribution in [2.45, 2.75) is 183 Å². The molecule has 2 saturated heterocycles. The molecular weight excluding hydrogens is 1250 g/mol. The van der Waals surface area contributed by atoms with Crippen molar-refractivity contribution < 1.29 is 62.3 Å². The summed E-state index contributed by atoms with van der Waals surface area (Å²) in [5, 5.41) is 21.1. The molecule has 0 unspecified atom stereocenters. The Bertz CT molecular complexity index is 2960. The number of unbranched alkanes of at least 4 members (excludes halogenated alkanes) is 1. The molecule has 0 spiro atoms. The van der Waals surface area contributed by atoms with E-state index >= 15 is 0 Å². The zero-order valence-corrected chi connectivity index (χ0v) is 55.3. The minimum Gasteiger partial charge on any atom is -0.370 e. The Morgan fingerprint density at radius 2 is 1.01 bits per heavy atom. The maximum Gasteiger partial charge on any atom is 0.245 e. The minimum absolute atomic E-state index is 0.0736. The molecule has 2 fully saturated rings. The standard InChI is InChI=1S/C63H98N18O13S/c1-37(2)33-45(57(89)74-41(53(68)85)27-32-95-3)73-52(84)36-72-54(86)46(34-38-15-6-4-7-16-38)78-58(90)47(35-39-17-8-5-9-18-39)79-56(88)42(23-25-50(66)82)75-55(87)43(24-26-51(67)83)76-59(91)49-22-14-31-81(49)62(94)44(20-10-11-28-64)77-60(92)48-21-13-30-80(48)61(93)40(65)19-12-29-71-63(69)70/h4-9,15-18,37,40-49H,10-14,19-36,64-65H2,1-3H3,(H2,66,82)(H2,67,83)(H2,68,85)(H,72,86)(H,73,84)(H,74,89)(H,75,87)(H,76,91)(H,77,92)(H,78,90)(H,79,88)(H4,69,70,71)/t40-,41-,42-,43+,44-,45-,46-,47-,48-,49+/m0/s1. The third-order valence-corrected chi connectivity index (χ3v) is 16.7. The molecule has 0 radical (unpaired) electrons. The molecule has 2 aliphatic heterocycles. The van der Waals surface area contributed by atoms with Gasteiger partial charge in [-0.25, -0.2) is 0 Å². The van der Waals surface area contributed by atoms with Crippen LogP contribution in [0.2, 0.25) is 0 Å². The second-order valence-electron chi connectivity index (χ2n) is 24.1. The van der Waals surface area contributed by atoms with E-state index in [4.69, 9.17) is 40.1 Å². The van der Waals surface area contributed by atoms with Gasteiger partial charge in [-0.2, -0.15) is 11.8 Å². The number of nitrogens with zero attached hydrogens (tertiary/aromatic N) is 3. The van der Waals surface area contributed by atoms with Gasteiger partial charge in [0, 0.05) is 45.3 Å². The Kier molecular flexibility index (Phi) is 33.9. The average molecular weight is 1350 g/mol. The van der Waals surface area contributed by atoms with Crippen LogP contribution in [-0.4, -0.2) is 198 Å². The van der Waals surface area contributed by atoms with Crippen LogP contribution in [0.25, 0.3) is 0 Å². The molecule has 524 valence electrons. The van der Waals surface area contributed by atoms with Gasteiger partial charge in [0.1, 0.15) is 54.4 Å². The van der Waals surface area contributed by atoms with E-state index in [2.05, 4.69) is 47.5 Å². The summed E-state index contributed by atoms with van der Waals surface area (Å²) in [6, 6.07) is 4.51. The predicted molar refractivity (Wildman–Crippen MR) is 356 cm³/mol. The van der Waals surface area contributed by atoms with Crippen LogP contribution >= 0.6 is 11.8 Å². The summed E-state index contributed by atoms with van der Waals surface area (Å²) in [5.74, 6) is -9.80. The molecular formula is C63H98N18O13S. The lowest BCUT2D eigenvalue weighted by molar-refractivity contribution is -0.144. The summed E-state index contributed by atoms with van der Waals surface area (Å²) in [4.78, 5) is 185. The molecule has 13 amide bonds. The van der Waals surface area contributed by atoms with E-state index in [0.29, 0.717) is 55.4 Å². The van der Waals surface area contributed by atoms with E-state index in [-0.39, 0.29) is 83.0 Å². The quantitative estimate of drug-likeness (QED) is 0.0173. The van der Waals surface area contributed by atoms with E-state index in [9.17, 15) is 62.3 Å². The van der Waals surface area contributed by atoms with Crippen LogP contribution in [0.1, 0.15) is 121 Å². The van der Waals surface area contributed by atoms with Gasteiger partial charge >= 0.3 is 0 Å². The Morgan fingerprint density at radius 1 is 0.537 bits per heavy atom. The number of nitrogens with one attached hydrogen (secondary N) is 8. The first-order chi connectivity index (χ1) is 45.2. The van der Waals surface area contributed by atoms with Crippen LogP contribution in [0.3, 0.4) is 0 Å². The molecule has 22 N–H and O–H groups in total. The fourth-order valence-electron chi connectivity index (χ4n) is 11.0. The number of likely N-dealkylation sites (tertiary alicyclic amines) is 2. The number of carbonyl (C=O) groups is 13. The van der Waals surface area contributed by atoms with Crippen LogP contribution in [0.5, 0.6) is 0 Å². The summed E-state index contributed by atoms with van der Waals surface area (Å²) in [6.07, 6.45) is 3.12. The number of aliphatic imine (C=N–C) groups is 1. The summed E-state index contributed by atoms with van der Waals surface area (Å²) >= 11 is 1.45. The molecule has 2 heterocycles. The van der Waals surface area contributed by atoms with E-state index < -0.39 is 169 Å². The fourth-order valence-corrected chi connectivity index (χ4v) is 11.5. The van der Waals surface area contributed by atoms with Gasteiger partial charge in [-0.15, -0.1) is 0 Å². The largest absolute Gasteiger partial charge is 0.370 e. The number of primary amides is 3. The molecule has 2 aromatic carbocycles. The topological polar surface area (TPSA) is 519 Å². The van der Waals surface area contributed by atoms with Gasteiger partial charge in [0.05, 0.1) is 12.6 Å². The van der Waals surface area contributed by atoms with Crippen molar-refractivity contribution in [1.29, 1.82) is 0 Å². The first-order valence-corrected chi connectivity index (χ1v) is 33.6. The SMILES string of the molecule is CSCC[C@H](NC(=O)[C@H](CC(C)C)NC(=O)CNC(=O)[C@H](Cc1ccccc1)NC(=O)[C@H](Cc1ccccc1)NC(=O)[C@H](CCC(N)=O)NC(=O)[C@@H](CCC(N)=O)NC(=O)[C@H]1CCCN1C(=O)[C@H](CCCCN)NC(=O)[C@@H]1CCCN1C(=O)[C@@H](N)CCCN=C(N)N)C(N)=O. The van der Waals surface area contributed by atoms with Crippen molar-refractivity contribution >= 4 is 94.5 Å². The van der Waals surface area contributed by atoms with E-state index in [1.165, 1.54) is 21.6 Å². The number of hydrogen-bond acceptors (Lipinski definition) is 17. The number of nitrogens with two attached hydrogens (primary N) is 7. The van der Waals surface area contributed by atoms with E-state index in [1.807, 2.05) is 20.1 Å². The van der Waals surface area contributed by atoms with Gasteiger partial charge in [-0.05, 0) is 119 Å². The predicted octanol–water partition coefficient (Wildman–Crippen LogP) is -3.71. The Labute approximate surface area is 558 Å². The number of thioether (sulfide) groups is 1. The number of hydrogen-bond donors (Lipinski definition) is 15. The fraction of sp³-hybridized carbons (Fsp3) is 0.587. The maximum absolute atomic E-state index is 14.7. The van der Waals surface area contributed by atoms with Crippen molar-refractivity contribution in [2.75, 3.05) is 44.7 Å². The highest BCUT2D eigenvalue weighted by atomic mass is 32.2. The zero-order valence-electron chi connectivity index (χ0n) is 54.5. The van der Waals surface area contributed by atoms with Crippen LogP contribution in [0, 0.1) is 5.92 Å². The lowest BCUT2D eigenvalue weighted by Crippen LogP contribution is -2.60. The van der Waals surface area contributed by atoms with Crippen LogP contribution in [-0.2, 0) is 75.2 Å². The van der Waals surface area contributed by atoms with E-state index in [1.54, 1.807) is 60.7 Å². The Balaban J connectivity index is 1.56. The number of carbonyl (C=O) groups excluding carboxylic acids is 13. The van der Waals surface area contributed by atoms with E-state index in [0.717, 1.165) is 0 Å². The molecule has 0 bridgehead atoms. The highest BCUT2D eigenvalue weighted by molar-refractivity contribution is 7.98. The second-order valence-corrected chi connectivity index (χ2v) is 25.1. The molecule has 32 heteroatoms. The maximum atomic E-state index is 14.7. The van der Waals surface area contributed by atoms with Gasteiger partial charge in [0.15, 0.2) is 5.96 Å². The smallest absolute Gasteiger partial charge is 0.245 e. The summed E-state index contributed by atoms with van der Waals surface area (Å²) in [7, 11) is 0. The normalized spacial score (nSPS) is 16.8. The number of guanidine groups is 1. The number of benzene rings is 2. The third kappa shape index (κ3) is 27.5. The van der Waals surface area contributed by atoms with Crippen molar-refractivity contribution in [3.63, 3.8) is 0 Å². The molecule has 0 aliphatic carbocycles. The molecule has 0 aromatic heterocycles. The lowest BCUT2D eigenvalue weighted by Gasteiger charge is -2.32. The molecule has 4 rings (SSSR count). The van der Waals surface area contributed by atoms with Crippen molar-refractivity contribution in [3.8, 4) is 0 Å². The summed E-state index contributed by atoms with van der Waals surface area (Å²) in [6.45, 7) is 3.86. The van der Waals surface area contributed by atoms with Crippen molar-refractivity contribution in [1.82, 2.24) is 52.3 Å². The molecule has 2 aromatic rings. The zero-order chi connectivity index (χ0) is 70.1. The van der Waals surface area contributed by atoms with Crippen LogP contribution in [0.4, 0.5) is 0 Å². The van der Waals surface area contributed by atoms with Gasteiger partial charge in [-0.3, -0.25) is 67.3 Å². The number of amides is 13. The summed E-state index contributed by atoms with van der Waals surface area (Å²) < 4.78 is 0. The molecule has 31 nitrogen and oxygen atoms in total. The van der Waals surface area contributed by atoms with Gasteiger partial charge in [0.2, 0.25) is 76.8 Å². The highest BCUT2D eigenvalue weighted by Crippen LogP contribution is 2.24. The average Bonchev–Trinajstić information content (AvgIpc) is 1.74. The second kappa shape index (κ2) is 41.0. The van der Waals surface area contributed by atoms with Crippen molar-refractivity contribution in [2.24, 2.45) is 51.0 Å². The molecule has 2 aliphatic rings. The molecule has 10 atom stereocenters. The summed E-state index contributed by atoms with van der Waals surface area (Å²) in [5.41, 5.74) is 40.6. The monoisotopic (exact) mass is 1350 g/mol. The molecule has 95 heavy (non-hydrogen) atoms. The van der Waals surface area contributed by atoms with Gasteiger partial charge in [0.25, 0.3) is 0 Å². The first kappa shape index (κ1) is 78.5. The Hall–Kier alpha value is -8.91.